The second-order valence-electron chi connectivity index (χ2n) is 11.0. The van der Waals surface area contributed by atoms with Crippen molar-refractivity contribution in [2.24, 2.45) is 0 Å². The van der Waals surface area contributed by atoms with E-state index < -0.39 is 17.3 Å². The Kier molecular flexibility index (Phi) is 7.92. The molecule has 2 amide bonds. The number of nitrogens with zero attached hydrogens (tertiary/aromatic N) is 4. The summed E-state index contributed by atoms with van der Waals surface area (Å²) in [5.41, 5.74) is 2.55. The van der Waals surface area contributed by atoms with Gasteiger partial charge in [0, 0.05) is 36.8 Å². The van der Waals surface area contributed by atoms with Gasteiger partial charge in [0.25, 0.3) is 5.91 Å². The summed E-state index contributed by atoms with van der Waals surface area (Å²) in [6.45, 7) is 8.96. The molecule has 2 aromatic carbocycles. The third-order valence-corrected chi connectivity index (χ3v) is 6.84. The van der Waals surface area contributed by atoms with Crippen LogP contribution in [0, 0.1) is 5.82 Å². The maximum absolute atomic E-state index is 14.4. The van der Waals surface area contributed by atoms with Gasteiger partial charge >= 0.3 is 6.09 Å². The minimum absolute atomic E-state index is 0.0823. The summed E-state index contributed by atoms with van der Waals surface area (Å²) in [6, 6.07) is 15.5. The quantitative estimate of drug-likeness (QED) is 0.298. The van der Waals surface area contributed by atoms with Crippen LogP contribution in [0.15, 0.2) is 60.8 Å². The highest BCUT2D eigenvalue weighted by Gasteiger charge is 2.31. The fraction of sp³-hybridized carbons (Fsp3) is 0.355. The van der Waals surface area contributed by atoms with Gasteiger partial charge in [0.1, 0.15) is 17.2 Å². The van der Waals surface area contributed by atoms with Crippen LogP contribution in [0.3, 0.4) is 0 Å². The molecule has 1 aliphatic rings. The zero-order valence-corrected chi connectivity index (χ0v) is 23.7. The number of amides is 2. The monoisotopic (exact) mass is 559 g/mol. The van der Waals surface area contributed by atoms with Crippen LogP contribution in [0.2, 0.25) is 0 Å². The largest absolute Gasteiger partial charge is 0.494 e. The van der Waals surface area contributed by atoms with E-state index in [4.69, 9.17) is 14.5 Å². The Bertz CT molecular complexity index is 1550. The van der Waals surface area contributed by atoms with Gasteiger partial charge in [0.2, 0.25) is 0 Å². The van der Waals surface area contributed by atoms with Crippen molar-refractivity contribution in [2.75, 3.05) is 25.0 Å². The molecule has 1 N–H and O–H groups in total. The Balaban J connectivity index is 1.46. The van der Waals surface area contributed by atoms with E-state index >= 15 is 0 Å². The van der Waals surface area contributed by atoms with E-state index in [0.717, 1.165) is 11.3 Å². The lowest BCUT2D eigenvalue weighted by molar-refractivity contribution is 0.0203. The molecule has 1 saturated heterocycles. The van der Waals surface area contributed by atoms with Crippen molar-refractivity contribution in [3.63, 3.8) is 0 Å². The number of carbonyl (C=O) groups is 2. The molecule has 4 aromatic rings. The summed E-state index contributed by atoms with van der Waals surface area (Å²) < 4.78 is 27.0. The number of carbonyl (C=O) groups excluding carboxylic acids is 2. The van der Waals surface area contributed by atoms with Crippen LogP contribution in [0.1, 0.15) is 62.5 Å². The molecule has 0 unspecified atom stereocenters. The molecule has 1 aliphatic heterocycles. The minimum Gasteiger partial charge on any atom is -0.494 e. The zero-order valence-electron chi connectivity index (χ0n) is 23.7. The molecule has 2 aromatic heterocycles. The van der Waals surface area contributed by atoms with Crippen LogP contribution in [-0.2, 0) is 4.74 Å². The van der Waals surface area contributed by atoms with Gasteiger partial charge in [-0.25, -0.2) is 18.7 Å². The lowest BCUT2D eigenvalue weighted by Crippen LogP contribution is -2.41. The fourth-order valence-corrected chi connectivity index (χ4v) is 4.87. The van der Waals surface area contributed by atoms with Crippen LogP contribution >= 0.6 is 0 Å². The van der Waals surface area contributed by atoms with E-state index in [2.05, 4.69) is 10.4 Å². The van der Waals surface area contributed by atoms with E-state index in [0.29, 0.717) is 55.1 Å². The first-order valence-corrected chi connectivity index (χ1v) is 13.8. The number of anilines is 1. The van der Waals surface area contributed by atoms with Crippen LogP contribution in [0.25, 0.3) is 16.9 Å². The first-order valence-electron chi connectivity index (χ1n) is 13.8. The Morgan fingerprint density at radius 2 is 1.78 bits per heavy atom. The van der Waals surface area contributed by atoms with Crippen molar-refractivity contribution >= 4 is 23.3 Å². The summed E-state index contributed by atoms with van der Waals surface area (Å²) in [5.74, 6) is -0.333. The summed E-state index contributed by atoms with van der Waals surface area (Å²) in [6.07, 6.45) is 2.49. The summed E-state index contributed by atoms with van der Waals surface area (Å²) in [4.78, 5) is 32.7. The van der Waals surface area contributed by atoms with Crippen molar-refractivity contribution in [3.8, 4) is 17.0 Å². The number of piperidine rings is 1. The molecule has 1 fully saturated rings. The van der Waals surface area contributed by atoms with Gasteiger partial charge in [-0.2, -0.15) is 5.10 Å². The number of rotatable bonds is 6. The summed E-state index contributed by atoms with van der Waals surface area (Å²) in [7, 11) is 0. The molecule has 0 spiro atoms. The average molecular weight is 560 g/mol. The lowest BCUT2D eigenvalue weighted by atomic mass is 9.90. The number of aromatic nitrogens is 3. The van der Waals surface area contributed by atoms with Gasteiger partial charge in [-0.1, -0.05) is 12.1 Å². The van der Waals surface area contributed by atoms with Gasteiger partial charge in [-0.15, -0.1) is 0 Å². The van der Waals surface area contributed by atoms with Crippen molar-refractivity contribution in [3.05, 3.63) is 77.9 Å². The van der Waals surface area contributed by atoms with E-state index in [9.17, 15) is 14.0 Å². The maximum Gasteiger partial charge on any atom is 0.410 e. The molecule has 3 heterocycles. The number of fused-ring (bicyclic) bond motifs is 1. The molecular formula is C31H34FN5O4. The normalized spacial score (nSPS) is 14.2. The molecule has 10 heteroatoms. The first kappa shape index (κ1) is 28.1. The SMILES string of the molecule is CCOc1ccc(-c2cc3nc(C4CCN(C(=O)OC(C)(C)C)CC4)c(C(=O)Nc4ccccc4F)cn3n2)cc1. The molecule has 0 radical (unpaired) electrons. The second kappa shape index (κ2) is 11.6. The Morgan fingerprint density at radius 1 is 1.07 bits per heavy atom. The predicted molar refractivity (Wildman–Crippen MR) is 154 cm³/mol. The number of halogens is 1. The number of likely N-dealkylation sites (tertiary alicyclic amines) is 1. The third-order valence-electron chi connectivity index (χ3n) is 6.84. The molecule has 0 atom stereocenters. The van der Waals surface area contributed by atoms with Gasteiger partial charge in [0.15, 0.2) is 5.65 Å². The maximum atomic E-state index is 14.4. The van der Waals surface area contributed by atoms with Gasteiger partial charge < -0.3 is 19.7 Å². The molecule has 0 bridgehead atoms. The molecule has 0 aliphatic carbocycles. The van der Waals surface area contributed by atoms with Crippen molar-refractivity contribution in [1.29, 1.82) is 0 Å². The first-order chi connectivity index (χ1) is 19.6. The zero-order chi connectivity index (χ0) is 29.1. The number of nitrogens with one attached hydrogen (secondary N) is 1. The van der Waals surface area contributed by atoms with Crippen molar-refractivity contribution in [1.82, 2.24) is 19.5 Å². The Labute approximate surface area is 238 Å². The lowest BCUT2D eigenvalue weighted by Gasteiger charge is -2.33. The van der Waals surface area contributed by atoms with E-state index in [-0.39, 0.29) is 17.7 Å². The molecule has 0 saturated carbocycles. The smallest absolute Gasteiger partial charge is 0.410 e. The Morgan fingerprint density at radius 3 is 2.44 bits per heavy atom. The van der Waals surface area contributed by atoms with Crippen LogP contribution in [-0.4, -0.2) is 56.8 Å². The van der Waals surface area contributed by atoms with E-state index in [1.807, 2.05) is 58.0 Å². The number of hydrogen-bond donors (Lipinski definition) is 1. The number of hydrogen-bond acceptors (Lipinski definition) is 6. The van der Waals surface area contributed by atoms with Crippen LogP contribution in [0.5, 0.6) is 5.75 Å². The van der Waals surface area contributed by atoms with Gasteiger partial charge in [-0.05, 0) is 76.9 Å². The Hall–Kier alpha value is -4.47. The highest BCUT2D eigenvalue weighted by atomic mass is 19.1. The van der Waals surface area contributed by atoms with E-state index in [1.54, 1.807) is 27.7 Å². The standard InChI is InChI=1S/C31H34FN5O4/c1-5-40-22-12-10-20(11-13-22)26-18-27-34-28(21-14-16-36(17-15-21)30(39)41-31(2,3)4)23(19-37(27)35-26)29(38)33-25-9-7-6-8-24(25)32/h6-13,18-19,21H,5,14-17H2,1-4H3,(H,33,38). The highest BCUT2D eigenvalue weighted by molar-refractivity contribution is 6.05. The number of benzene rings is 2. The molecule has 5 rings (SSSR count). The average Bonchev–Trinajstić information content (AvgIpc) is 3.36. The van der Waals surface area contributed by atoms with Crippen molar-refractivity contribution < 1.29 is 23.5 Å². The number of ether oxygens (including phenoxy) is 2. The minimum atomic E-state index is -0.582. The number of para-hydroxylation sites is 1. The van der Waals surface area contributed by atoms with Crippen LogP contribution < -0.4 is 10.1 Å². The van der Waals surface area contributed by atoms with Gasteiger partial charge in [-0.3, -0.25) is 4.79 Å². The van der Waals surface area contributed by atoms with Crippen LogP contribution in [0.4, 0.5) is 14.9 Å². The molecule has 9 nitrogen and oxygen atoms in total. The topological polar surface area (TPSA) is 98.1 Å². The van der Waals surface area contributed by atoms with Gasteiger partial charge in [0.05, 0.1) is 29.2 Å². The fourth-order valence-electron chi connectivity index (χ4n) is 4.87. The second-order valence-corrected chi connectivity index (χ2v) is 11.0. The highest BCUT2D eigenvalue weighted by Crippen LogP contribution is 2.32. The van der Waals surface area contributed by atoms with E-state index in [1.165, 1.54) is 12.1 Å². The summed E-state index contributed by atoms with van der Waals surface area (Å²) >= 11 is 0. The summed E-state index contributed by atoms with van der Waals surface area (Å²) in [5, 5.41) is 7.36. The molecular weight excluding hydrogens is 525 g/mol. The van der Waals surface area contributed by atoms with Crippen molar-refractivity contribution in [2.45, 2.75) is 52.1 Å². The molecule has 41 heavy (non-hydrogen) atoms. The predicted octanol–water partition coefficient (Wildman–Crippen LogP) is 6.30. The third kappa shape index (κ3) is 6.48. The molecule has 214 valence electrons.